The van der Waals surface area contributed by atoms with Gasteiger partial charge in [0.2, 0.25) is 0 Å². The van der Waals surface area contributed by atoms with Crippen LogP contribution >= 0.6 is 11.3 Å². The number of benzene rings is 1. The summed E-state index contributed by atoms with van der Waals surface area (Å²) < 4.78 is 0. The Kier molecular flexibility index (Phi) is 3.42. The summed E-state index contributed by atoms with van der Waals surface area (Å²) in [5, 5.41) is 3.52. The number of carbonyl (C=O) groups excluding carboxylic acids is 1. The molecule has 0 saturated heterocycles. The van der Waals surface area contributed by atoms with E-state index >= 15 is 0 Å². The fraction of sp³-hybridized carbons (Fsp3) is 0.286. The number of hydrazine groups is 1. The molecule has 0 aliphatic heterocycles. The number of nitrogens with one attached hydrogen (secondary N) is 2. The van der Waals surface area contributed by atoms with Crippen molar-refractivity contribution in [3.8, 4) is 0 Å². The highest BCUT2D eigenvalue weighted by molar-refractivity contribution is 7.16. The van der Waals surface area contributed by atoms with Crippen molar-refractivity contribution in [2.24, 2.45) is 5.84 Å². The summed E-state index contributed by atoms with van der Waals surface area (Å²) in [5.41, 5.74) is 5.88. The average molecular weight is 288 g/mol. The van der Waals surface area contributed by atoms with Gasteiger partial charge >= 0.3 is 0 Å². The number of aryl methyl sites for hydroxylation is 3. The molecular formula is C14H16N4OS. The van der Waals surface area contributed by atoms with Crippen molar-refractivity contribution in [2.45, 2.75) is 26.2 Å². The van der Waals surface area contributed by atoms with Crippen LogP contribution in [0, 0.1) is 6.92 Å². The molecule has 4 N–H and O–H groups in total. The molecule has 1 aromatic heterocycles. The SMILES string of the molecule is Cc1ccc(C(=O)Nc2nc3c(s2)CCC3)c(NN)c1. The molecule has 0 atom stereocenters. The van der Waals surface area contributed by atoms with Crippen molar-refractivity contribution in [1.29, 1.82) is 0 Å². The van der Waals surface area contributed by atoms with Crippen molar-refractivity contribution < 1.29 is 4.79 Å². The molecule has 1 aromatic carbocycles. The smallest absolute Gasteiger partial charge is 0.259 e. The maximum atomic E-state index is 12.3. The number of nitrogens with two attached hydrogens (primary N) is 1. The topological polar surface area (TPSA) is 80.0 Å². The summed E-state index contributed by atoms with van der Waals surface area (Å²) in [6.45, 7) is 1.95. The van der Waals surface area contributed by atoms with Gasteiger partial charge in [0.15, 0.2) is 5.13 Å². The number of hydrogen-bond donors (Lipinski definition) is 3. The summed E-state index contributed by atoms with van der Waals surface area (Å²) in [6, 6.07) is 5.50. The highest BCUT2D eigenvalue weighted by atomic mass is 32.1. The largest absolute Gasteiger partial charge is 0.323 e. The minimum atomic E-state index is -0.189. The maximum Gasteiger partial charge on any atom is 0.259 e. The van der Waals surface area contributed by atoms with Crippen molar-refractivity contribution in [2.75, 3.05) is 10.7 Å². The number of carbonyl (C=O) groups is 1. The van der Waals surface area contributed by atoms with Gasteiger partial charge in [-0.1, -0.05) is 6.07 Å². The Balaban J connectivity index is 1.82. The first-order valence-electron chi connectivity index (χ1n) is 6.54. The second kappa shape index (κ2) is 5.22. The number of aromatic nitrogens is 1. The van der Waals surface area contributed by atoms with Gasteiger partial charge in [0.25, 0.3) is 5.91 Å². The first-order chi connectivity index (χ1) is 9.67. The molecule has 5 nitrogen and oxygen atoms in total. The lowest BCUT2D eigenvalue weighted by Crippen LogP contribution is -2.17. The second-order valence-corrected chi connectivity index (χ2v) is 5.97. The third kappa shape index (κ3) is 2.39. The van der Waals surface area contributed by atoms with E-state index in [0.717, 1.165) is 24.1 Å². The Morgan fingerprint density at radius 3 is 3.00 bits per heavy atom. The lowest BCUT2D eigenvalue weighted by atomic mass is 10.1. The van der Waals surface area contributed by atoms with Crippen LogP contribution in [-0.4, -0.2) is 10.9 Å². The highest BCUT2D eigenvalue weighted by Crippen LogP contribution is 2.31. The van der Waals surface area contributed by atoms with E-state index in [-0.39, 0.29) is 5.91 Å². The molecule has 1 aliphatic rings. The number of amides is 1. The quantitative estimate of drug-likeness (QED) is 0.599. The molecule has 1 heterocycles. The van der Waals surface area contributed by atoms with Crippen LogP contribution < -0.4 is 16.6 Å². The molecule has 3 rings (SSSR count). The van der Waals surface area contributed by atoms with E-state index in [2.05, 4.69) is 15.7 Å². The van der Waals surface area contributed by atoms with Gasteiger partial charge < -0.3 is 5.43 Å². The molecule has 1 amide bonds. The van der Waals surface area contributed by atoms with Gasteiger partial charge in [-0.15, -0.1) is 11.3 Å². The van der Waals surface area contributed by atoms with E-state index in [1.165, 1.54) is 11.3 Å². The molecule has 6 heteroatoms. The number of anilines is 2. The average Bonchev–Trinajstić information content (AvgIpc) is 2.99. The highest BCUT2D eigenvalue weighted by Gasteiger charge is 2.19. The minimum Gasteiger partial charge on any atom is -0.323 e. The third-order valence-corrected chi connectivity index (χ3v) is 4.46. The molecule has 0 bridgehead atoms. The first kappa shape index (κ1) is 13.1. The van der Waals surface area contributed by atoms with Crippen LogP contribution in [0.25, 0.3) is 0 Å². The Labute approximate surface area is 121 Å². The molecule has 104 valence electrons. The van der Waals surface area contributed by atoms with Gasteiger partial charge in [-0.05, 0) is 43.9 Å². The fourth-order valence-corrected chi connectivity index (χ4v) is 3.43. The van der Waals surface area contributed by atoms with Gasteiger partial charge in [-0.25, -0.2) is 4.98 Å². The van der Waals surface area contributed by atoms with E-state index in [1.807, 2.05) is 19.1 Å². The summed E-state index contributed by atoms with van der Waals surface area (Å²) in [6.07, 6.45) is 3.26. The van der Waals surface area contributed by atoms with Crippen LogP contribution in [-0.2, 0) is 12.8 Å². The van der Waals surface area contributed by atoms with Crippen LogP contribution in [0.15, 0.2) is 18.2 Å². The summed E-state index contributed by atoms with van der Waals surface area (Å²) in [4.78, 5) is 18.0. The van der Waals surface area contributed by atoms with E-state index in [4.69, 9.17) is 5.84 Å². The van der Waals surface area contributed by atoms with Gasteiger partial charge in [-0.3, -0.25) is 16.0 Å². The van der Waals surface area contributed by atoms with Crippen molar-refractivity contribution in [3.63, 3.8) is 0 Å². The van der Waals surface area contributed by atoms with Crippen molar-refractivity contribution >= 4 is 28.1 Å². The molecule has 0 unspecified atom stereocenters. The van der Waals surface area contributed by atoms with E-state index in [9.17, 15) is 4.79 Å². The zero-order valence-electron chi connectivity index (χ0n) is 11.2. The van der Waals surface area contributed by atoms with Crippen LogP contribution in [0.3, 0.4) is 0 Å². The second-order valence-electron chi connectivity index (χ2n) is 4.89. The number of hydrogen-bond acceptors (Lipinski definition) is 5. The maximum absolute atomic E-state index is 12.3. The molecule has 20 heavy (non-hydrogen) atoms. The molecule has 2 aromatic rings. The minimum absolute atomic E-state index is 0.189. The van der Waals surface area contributed by atoms with Gasteiger partial charge in [-0.2, -0.15) is 0 Å². The van der Waals surface area contributed by atoms with Gasteiger partial charge in [0.05, 0.1) is 16.9 Å². The van der Waals surface area contributed by atoms with Crippen LogP contribution in [0.2, 0.25) is 0 Å². The van der Waals surface area contributed by atoms with Gasteiger partial charge in [0.1, 0.15) is 0 Å². The van der Waals surface area contributed by atoms with E-state index in [1.54, 1.807) is 17.4 Å². The number of thiazole rings is 1. The fourth-order valence-electron chi connectivity index (χ4n) is 2.38. The van der Waals surface area contributed by atoms with Crippen LogP contribution in [0.4, 0.5) is 10.8 Å². The zero-order valence-corrected chi connectivity index (χ0v) is 12.0. The lowest BCUT2D eigenvalue weighted by Gasteiger charge is -2.09. The number of rotatable bonds is 3. The Morgan fingerprint density at radius 1 is 1.40 bits per heavy atom. The lowest BCUT2D eigenvalue weighted by molar-refractivity contribution is 0.102. The van der Waals surface area contributed by atoms with Crippen molar-refractivity contribution in [3.05, 3.63) is 39.9 Å². The predicted octanol–water partition coefficient (Wildman–Crippen LogP) is 2.48. The zero-order chi connectivity index (χ0) is 14.1. The molecule has 0 saturated carbocycles. The van der Waals surface area contributed by atoms with Crippen molar-refractivity contribution in [1.82, 2.24) is 4.98 Å². The first-order valence-corrected chi connectivity index (χ1v) is 7.36. The summed E-state index contributed by atoms with van der Waals surface area (Å²) >= 11 is 1.57. The molecular weight excluding hydrogens is 272 g/mol. The summed E-state index contributed by atoms with van der Waals surface area (Å²) in [5.74, 6) is 5.28. The Hall–Kier alpha value is -1.92. The predicted molar refractivity (Wildman–Crippen MR) is 81.1 cm³/mol. The monoisotopic (exact) mass is 288 g/mol. The molecule has 0 spiro atoms. The summed E-state index contributed by atoms with van der Waals surface area (Å²) in [7, 11) is 0. The number of nitrogens with zero attached hydrogens (tertiary/aromatic N) is 1. The van der Waals surface area contributed by atoms with Crippen LogP contribution in [0.1, 0.15) is 32.9 Å². The number of fused-ring (bicyclic) bond motifs is 1. The Bertz CT molecular complexity index is 644. The standard InChI is InChI=1S/C14H16N4OS/c1-8-5-6-9(11(7-8)18-15)13(19)17-14-16-10-3-2-4-12(10)20-14/h5-7,18H,2-4,15H2,1H3,(H,16,17,19). The van der Waals surface area contributed by atoms with Gasteiger partial charge in [0, 0.05) is 4.88 Å². The molecule has 1 aliphatic carbocycles. The molecule has 0 fully saturated rings. The number of nitrogen functional groups attached to an aromatic ring is 1. The van der Waals surface area contributed by atoms with E-state index < -0.39 is 0 Å². The Morgan fingerprint density at radius 2 is 2.25 bits per heavy atom. The van der Waals surface area contributed by atoms with Crippen LogP contribution in [0.5, 0.6) is 0 Å². The molecule has 0 radical (unpaired) electrons. The van der Waals surface area contributed by atoms with E-state index in [0.29, 0.717) is 16.4 Å². The normalized spacial score (nSPS) is 13.1. The third-order valence-electron chi connectivity index (χ3n) is 3.39.